The van der Waals surface area contributed by atoms with E-state index in [1.807, 2.05) is 6.26 Å². The van der Waals surface area contributed by atoms with Crippen LogP contribution in [0.25, 0.3) is 0 Å². The summed E-state index contributed by atoms with van der Waals surface area (Å²) in [5, 5.41) is 2.40. The minimum absolute atomic E-state index is 0.132. The molecule has 9 heteroatoms. The zero-order valence-electron chi connectivity index (χ0n) is 13.4. The van der Waals surface area contributed by atoms with Gasteiger partial charge in [-0.25, -0.2) is 4.79 Å². The van der Waals surface area contributed by atoms with Gasteiger partial charge in [-0.3, -0.25) is 4.79 Å². The number of alkyl halides is 3. The van der Waals surface area contributed by atoms with E-state index < -0.39 is 23.8 Å². The molecule has 1 rings (SSSR count). The third kappa shape index (κ3) is 6.31. The quantitative estimate of drug-likeness (QED) is 0.781. The summed E-state index contributed by atoms with van der Waals surface area (Å²) < 4.78 is 37.6. The number of hydrogen-bond acceptors (Lipinski definition) is 3. The molecule has 1 atom stereocenters. The van der Waals surface area contributed by atoms with E-state index in [0.717, 1.165) is 12.1 Å². The van der Waals surface area contributed by atoms with E-state index in [-0.39, 0.29) is 12.5 Å². The highest BCUT2D eigenvalue weighted by Gasteiger charge is 2.30. The van der Waals surface area contributed by atoms with E-state index in [1.54, 1.807) is 0 Å². The summed E-state index contributed by atoms with van der Waals surface area (Å²) >= 11 is 1.52. The second-order valence-corrected chi connectivity index (χ2v) is 6.22. The van der Waals surface area contributed by atoms with Crippen LogP contribution in [0.1, 0.15) is 17.5 Å². The van der Waals surface area contributed by atoms with Crippen LogP contribution in [0.15, 0.2) is 24.3 Å². The number of primary amides is 1. The van der Waals surface area contributed by atoms with Crippen molar-refractivity contribution in [3.8, 4) is 0 Å². The molecule has 0 radical (unpaired) electrons. The van der Waals surface area contributed by atoms with Crippen LogP contribution in [0, 0.1) is 0 Å². The first-order valence-electron chi connectivity index (χ1n) is 7.11. The number of nitrogens with zero attached hydrogens (tertiary/aromatic N) is 1. The van der Waals surface area contributed by atoms with Crippen LogP contribution in [0.2, 0.25) is 0 Å². The van der Waals surface area contributed by atoms with Crippen molar-refractivity contribution in [1.29, 1.82) is 0 Å². The van der Waals surface area contributed by atoms with Gasteiger partial charge in [0.05, 0.1) is 5.56 Å². The van der Waals surface area contributed by atoms with Crippen molar-refractivity contribution in [3.63, 3.8) is 0 Å². The summed E-state index contributed by atoms with van der Waals surface area (Å²) in [6.07, 6.45) is -2.10. The van der Waals surface area contributed by atoms with Crippen LogP contribution in [-0.2, 0) is 17.5 Å². The van der Waals surface area contributed by atoms with Gasteiger partial charge in [0, 0.05) is 13.6 Å². The van der Waals surface area contributed by atoms with Gasteiger partial charge in [-0.15, -0.1) is 0 Å². The van der Waals surface area contributed by atoms with Crippen LogP contribution in [0.3, 0.4) is 0 Å². The van der Waals surface area contributed by atoms with Crippen LogP contribution < -0.4 is 11.1 Å². The molecule has 1 aromatic rings. The van der Waals surface area contributed by atoms with Crippen molar-refractivity contribution >= 4 is 23.7 Å². The Morgan fingerprint density at radius 1 is 1.29 bits per heavy atom. The number of hydrogen-bond donors (Lipinski definition) is 2. The average Bonchev–Trinajstić information content (AvgIpc) is 2.50. The van der Waals surface area contributed by atoms with Gasteiger partial charge in [0.2, 0.25) is 5.91 Å². The number of nitrogens with one attached hydrogen (secondary N) is 1. The number of likely N-dealkylation sites (N-methyl/N-ethyl adjacent to an activating group) is 1. The Kier molecular flexibility index (Phi) is 7.40. The van der Waals surface area contributed by atoms with Crippen molar-refractivity contribution in [1.82, 2.24) is 10.2 Å². The van der Waals surface area contributed by atoms with E-state index >= 15 is 0 Å². The van der Waals surface area contributed by atoms with E-state index in [4.69, 9.17) is 5.73 Å². The second-order valence-electron chi connectivity index (χ2n) is 5.23. The number of carbonyl (C=O) groups excluding carboxylic acids is 2. The van der Waals surface area contributed by atoms with Crippen molar-refractivity contribution < 1.29 is 22.8 Å². The summed E-state index contributed by atoms with van der Waals surface area (Å²) in [4.78, 5) is 24.7. The predicted molar refractivity (Wildman–Crippen MR) is 87.4 cm³/mol. The maximum atomic E-state index is 12.5. The van der Waals surface area contributed by atoms with Gasteiger partial charge in [0.15, 0.2) is 0 Å². The molecule has 5 nitrogen and oxygen atoms in total. The molecule has 0 spiro atoms. The Morgan fingerprint density at radius 2 is 1.88 bits per heavy atom. The zero-order chi connectivity index (χ0) is 18.3. The molecule has 0 bridgehead atoms. The van der Waals surface area contributed by atoms with Gasteiger partial charge in [0.25, 0.3) is 0 Å². The normalized spacial score (nSPS) is 12.5. The average molecular weight is 363 g/mol. The molecule has 0 saturated carbocycles. The Balaban J connectivity index is 2.74. The van der Waals surface area contributed by atoms with Crippen molar-refractivity contribution in [2.75, 3.05) is 19.1 Å². The molecular weight excluding hydrogens is 343 g/mol. The lowest BCUT2D eigenvalue weighted by molar-refractivity contribution is -0.137. The van der Waals surface area contributed by atoms with Crippen LogP contribution in [-0.4, -0.2) is 41.9 Å². The molecule has 3 amide bonds. The van der Waals surface area contributed by atoms with Crippen LogP contribution in [0.5, 0.6) is 0 Å². The van der Waals surface area contributed by atoms with Gasteiger partial charge in [-0.05, 0) is 36.1 Å². The number of nitrogens with two attached hydrogens (primary N) is 1. The third-order valence-corrected chi connectivity index (χ3v) is 3.95. The molecule has 0 saturated heterocycles. The maximum absolute atomic E-state index is 12.5. The van der Waals surface area contributed by atoms with E-state index in [9.17, 15) is 22.8 Å². The predicted octanol–water partition coefficient (Wildman–Crippen LogP) is 2.45. The van der Waals surface area contributed by atoms with E-state index in [1.165, 1.54) is 35.8 Å². The van der Waals surface area contributed by atoms with Gasteiger partial charge in [-0.2, -0.15) is 24.9 Å². The first-order valence-corrected chi connectivity index (χ1v) is 8.50. The molecule has 0 aliphatic carbocycles. The number of carbonyl (C=O) groups is 2. The molecule has 0 aromatic heterocycles. The molecule has 0 fully saturated rings. The molecular formula is C15H20F3N3O2S. The van der Waals surface area contributed by atoms with E-state index in [2.05, 4.69) is 5.32 Å². The summed E-state index contributed by atoms with van der Waals surface area (Å²) in [5.41, 5.74) is 4.89. The number of thioether (sulfide) groups is 1. The Morgan fingerprint density at radius 3 is 2.33 bits per heavy atom. The Labute approximate surface area is 142 Å². The number of halogens is 3. The van der Waals surface area contributed by atoms with Crippen LogP contribution in [0.4, 0.5) is 18.0 Å². The largest absolute Gasteiger partial charge is 0.416 e. The zero-order valence-corrected chi connectivity index (χ0v) is 14.2. The van der Waals surface area contributed by atoms with Gasteiger partial charge >= 0.3 is 12.2 Å². The maximum Gasteiger partial charge on any atom is 0.416 e. The molecule has 1 unspecified atom stereocenters. The van der Waals surface area contributed by atoms with Gasteiger partial charge in [-0.1, -0.05) is 12.1 Å². The first kappa shape index (κ1) is 20.1. The minimum atomic E-state index is -4.39. The summed E-state index contributed by atoms with van der Waals surface area (Å²) in [6, 6.07) is 3.05. The van der Waals surface area contributed by atoms with Crippen LogP contribution >= 0.6 is 11.8 Å². The molecule has 0 aliphatic rings. The molecule has 24 heavy (non-hydrogen) atoms. The monoisotopic (exact) mass is 363 g/mol. The fourth-order valence-electron chi connectivity index (χ4n) is 2.08. The SMILES string of the molecule is CSCCC(NC(N)=O)C(=O)N(C)Cc1ccc(C(F)(F)F)cc1. The fourth-order valence-corrected chi connectivity index (χ4v) is 2.55. The van der Waals surface area contributed by atoms with Crippen molar-refractivity contribution in [2.24, 2.45) is 5.73 Å². The van der Waals surface area contributed by atoms with Crippen molar-refractivity contribution in [2.45, 2.75) is 25.2 Å². The van der Waals surface area contributed by atoms with Gasteiger partial charge in [0.1, 0.15) is 6.04 Å². The smallest absolute Gasteiger partial charge is 0.352 e. The number of rotatable bonds is 7. The number of benzene rings is 1. The molecule has 1 aromatic carbocycles. The highest BCUT2D eigenvalue weighted by molar-refractivity contribution is 7.98. The van der Waals surface area contributed by atoms with E-state index in [0.29, 0.717) is 17.7 Å². The molecule has 134 valence electrons. The number of amides is 3. The highest BCUT2D eigenvalue weighted by Crippen LogP contribution is 2.29. The molecule has 3 N–H and O–H groups in total. The van der Waals surface area contributed by atoms with Crippen molar-refractivity contribution in [3.05, 3.63) is 35.4 Å². The molecule has 0 aliphatic heterocycles. The third-order valence-electron chi connectivity index (χ3n) is 3.30. The lowest BCUT2D eigenvalue weighted by Gasteiger charge is -2.24. The standard InChI is InChI=1S/C15H20F3N3O2S/c1-21(13(22)12(7-8-24-2)20-14(19)23)9-10-3-5-11(6-4-10)15(16,17)18/h3-6,12H,7-9H2,1-2H3,(H3,19,20,23). The highest BCUT2D eigenvalue weighted by atomic mass is 32.2. The summed E-state index contributed by atoms with van der Waals surface area (Å²) in [6.45, 7) is 0.132. The lowest BCUT2D eigenvalue weighted by Crippen LogP contribution is -2.49. The fraction of sp³-hybridized carbons (Fsp3) is 0.467. The Hall–Kier alpha value is -1.90. The first-order chi connectivity index (χ1) is 11.1. The number of urea groups is 1. The topological polar surface area (TPSA) is 75.4 Å². The second kappa shape index (κ2) is 8.81. The summed E-state index contributed by atoms with van der Waals surface area (Å²) in [5.74, 6) is 0.313. The minimum Gasteiger partial charge on any atom is -0.352 e. The lowest BCUT2D eigenvalue weighted by atomic mass is 10.1. The van der Waals surface area contributed by atoms with Gasteiger partial charge < -0.3 is 16.0 Å². The summed E-state index contributed by atoms with van der Waals surface area (Å²) in [7, 11) is 1.52. The Bertz CT molecular complexity index is 564. The molecule has 0 heterocycles.